The lowest BCUT2D eigenvalue weighted by Gasteiger charge is -2.08. The van der Waals surface area contributed by atoms with E-state index in [1.807, 2.05) is 35.9 Å². The summed E-state index contributed by atoms with van der Waals surface area (Å²) in [4.78, 5) is 36.1. The molecular weight excluding hydrogens is 380 g/mol. The van der Waals surface area contributed by atoms with E-state index in [2.05, 4.69) is 0 Å². The SMILES string of the molecule is Cc1cc(C(=O)COC(=O)c2cccc([N+](=O)[O-])c2)c(C)n1Cc1cccs1. The van der Waals surface area contributed by atoms with Gasteiger partial charge < -0.3 is 9.30 Å². The summed E-state index contributed by atoms with van der Waals surface area (Å²) in [7, 11) is 0. The van der Waals surface area contributed by atoms with E-state index in [0.717, 1.165) is 17.5 Å². The van der Waals surface area contributed by atoms with E-state index in [1.165, 1.54) is 23.1 Å². The van der Waals surface area contributed by atoms with Crippen LogP contribution in [0, 0.1) is 24.0 Å². The highest BCUT2D eigenvalue weighted by molar-refractivity contribution is 7.09. The zero-order valence-corrected chi connectivity index (χ0v) is 16.2. The number of aryl methyl sites for hydroxylation is 1. The maximum absolute atomic E-state index is 12.5. The fraction of sp³-hybridized carbons (Fsp3) is 0.200. The van der Waals surface area contributed by atoms with E-state index >= 15 is 0 Å². The standard InChI is InChI=1S/C20H18N2O5S/c1-13-9-18(14(2)21(13)11-17-7-4-8-28-17)19(23)12-27-20(24)15-5-3-6-16(10-15)22(25)26/h3-10H,11-12H2,1-2H3. The fourth-order valence-corrected chi connectivity index (χ4v) is 3.62. The van der Waals surface area contributed by atoms with Crippen LogP contribution in [0.25, 0.3) is 0 Å². The highest BCUT2D eigenvalue weighted by Gasteiger charge is 2.19. The molecule has 0 aliphatic carbocycles. The smallest absolute Gasteiger partial charge is 0.338 e. The van der Waals surface area contributed by atoms with Gasteiger partial charge in [0.25, 0.3) is 5.69 Å². The number of nitro benzene ring substituents is 1. The van der Waals surface area contributed by atoms with Crippen LogP contribution in [-0.4, -0.2) is 27.8 Å². The molecule has 0 unspecified atom stereocenters. The summed E-state index contributed by atoms with van der Waals surface area (Å²) in [5, 5.41) is 12.8. The maximum Gasteiger partial charge on any atom is 0.338 e. The number of ketones is 1. The van der Waals surface area contributed by atoms with Crippen molar-refractivity contribution in [2.75, 3.05) is 6.61 Å². The van der Waals surface area contributed by atoms with Crippen molar-refractivity contribution in [1.82, 2.24) is 4.57 Å². The molecule has 0 radical (unpaired) electrons. The van der Waals surface area contributed by atoms with Crippen LogP contribution < -0.4 is 0 Å². The van der Waals surface area contributed by atoms with Gasteiger partial charge in [-0.2, -0.15) is 0 Å². The molecule has 0 saturated carbocycles. The molecule has 2 heterocycles. The number of nitrogens with zero attached hydrogens (tertiary/aromatic N) is 2. The Morgan fingerprint density at radius 3 is 2.64 bits per heavy atom. The number of aromatic nitrogens is 1. The molecule has 28 heavy (non-hydrogen) atoms. The van der Waals surface area contributed by atoms with Crippen molar-refractivity contribution in [3.63, 3.8) is 0 Å². The molecule has 0 fully saturated rings. The Balaban J connectivity index is 1.69. The first-order valence-corrected chi connectivity index (χ1v) is 9.38. The van der Waals surface area contributed by atoms with Gasteiger partial charge in [0.05, 0.1) is 17.0 Å². The number of carbonyl (C=O) groups excluding carboxylic acids is 2. The molecule has 144 valence electrons. The van der Waals surface area contributed by atoms with Crippen LogP contribution in [0.5, 0.6) is 0 Å². The third-order valence-electron chi connectivity index (χ3n) is 4.40. The molecule has 0 bridgehead atoms. The Bertz CT molecular complexity index is 1040. The number of non-ortho nitro benzene ring substituents is 1. The molecule has 8 heteroatoms. The number of hydrogen-bond acceptors (Lipinski definition) is 6. The van der Waals surface area contributed by atoms with Gasteiger partial charge in [-0.25, -0.2) is 4.79 Å². The van der Waals surface area contributed by atoms with Crippen LogP contribution in [-0.2, 0) is 11.3 Å². The van der Waals surface area contributed by atoms with E-state index in [4.69, 9.17) is 4.74 Å². The molecular formula is C20H18N2O5S. The summed E-state index contributed by atoms with van der Waals surface area (Å²) >= 11 is 1.64. The number of carbonyl (C=O) groups is 2. The van der Waals surface area contributed by atoms with Crippen LogP contribution >= 0.6 is 11.3 Å². The van der Waals surface area contributed by atoms with Gasteiger partial charge in [0.15, 0.2) is 6.61 Å². The normalized spacial score (nSPS) is 10.6. The number of nitro groups is 1. The van der Waals surface area contributed by atoms with Crippen molar-refractivity contribution in [3.05, 3.63) is 85.4 Å². The number of esters is 1. The molecule has 0 aliphatic rings. The van der Waals surface area contributed by atoms with Gasteiger partial charge in [-0.3, -0.25) is 14.9 Å². The predicted octanol–water partition coefficient (Wildman–Crippen LogP) is 4.16. The Kier molecular flexibility index (Phi) is 5.70. The van der Waals surface area contributed by atoms with Gasteiger partial charge in [0, 0.05) is 34.0 Å². The Morgan fingerprint density at radius 1 is 1.18 bits per heavy atom. The second-order valence-electron chi connectivity index (χ2n) is 6.26. The van der Waals surface area contributed by atoms with Crippen molar-refractivity contribution in [3.8, 4) is 0 Å². The van der Waals surface area contributed by atoms with Crippen LogP contribution in [0.4, 0.5) is 5.69 Å². The number of rotatable bonds is 7. The molecule has 0 saturated heterocycles. The minimum Gasteiger partial charge on any atom is -0.454 e. The van der Waals surface area contributed by atoms with E-state index < -0.39 is 17.5 Å². The van der Waals surface area contributed by atoms with Gasteiger partial charge in [-0.05, 0) is 37.4 Å². The first-order chi connectivity index (χ1) is 13.4. The Morgan fingerprint density at radius 2 is 1.96 bits per heavy atom. The van der Waals surface area contributed by atoms with Crippen molar-refractivity contribution in [2.24, 2.45) is 0 Å². The summed E-state index contributed by atoms with van der Waals surface area (Å²) < 4.78 is 7.11. The Hall–Kier alpha value is -3.26. The minimum absolute atomic E-state index is 0.0326. The van der Waals surface area contributed by atoms with Crippen LogP contribution in [0.1, 0.15) is 37.0 Å². The number of thiophene rings is 1. The molecule has 3 aromatic rings. The van der Waals surface area contributed by atoms with Gasteiger partial charge in [-0.15, -0.1) is 11.3 Å². The zero-order valence-electron chi connectivity index (χ0n) is 15.4. The van der Waals surface area contributed by atoms with Gasteiger partial charge in [0.2, 0.25) is 5.78 Å². The summed E-state index contributed by atoms with van der Waals surface area (Å²) in [6.45, 7) is 4.03. The first kappa shape index (κ1) is 19.5. The van der Waals surface area contributed by atoms with Crippen molar-refractivity contribution in [2.45, 2.75) is 20.4 Å². The average molecular weight is 398 g/mol. The average Bonchev–Trinajstić information content (AvgIpc) is 3.29. The molecule has 0 N–H and O–H groups in total. The highest BCUT2D eigenvalue weighted by Crippen LogP contribution is 2.20. The van der Waals surface area contributed by atoms with Crippen molar-refractivity contribution in [1.29, 1.82) is 0 Å². The minimum atomic E-state index is -0.774. The van der Waals surface area contributed by atoms with E-state index in [-0.39, 0.29) is 17.0 Å². The summed E-state index contributed by atoms with van der Waals surface area (Å²) in [5.74, 6) is -1.09. The largest absolute Gasteiger partial charge is 0.454 e. The third kappa shape index (κ3) is 4.17. The lowest BCUT2D eigenvalue weighted by molar-refractivity contribution is -0.384. The molecule has 0 spiro atoms. The predicted molar refractivity (Wildman–Crippen MR) is 105 cm³/mol. The van der Waals surface area contributed by atoms with Crippen LogP contribution in [0.3, 0.4) is 0 Å². The molecule has 1 aromatic carbocycles. The Labute approximate surface area is 165 Å². The maximum atomic E-state index is 12.5. The monoisotopic (exact) mass is 398 g/mol. The van der Waals surface area contributed by atoms with Gasteiger partial charge >= 0.3 is 5.97 Å². The quantitative estimate of drug-likeness (QED) is 0.258. The van der Waals surface area contributed by atoms with Crippen molar-refractivity contribution >= 4 is 28.8 Å². The lowest BCUT2D eigenvalue weighted by Crippen LogP contribution is -2.15. The summed E-state index contributed by atoms with van der Waals surface area (Å²) in [5.41, 5.74) is 2.07. The number of benzene rings is 1. The highest BCUT2D eigenvalue weighted by atomic mass is 32.1. The van der Waals surface area contributed by atoms with E-state index in [0.29, 0.717) is 12.1 Å². The van der Waals surface area contributed by atoms with E-state index in [9.17, 15) is 19.7 Å². The zero-order chi connectivity index (χ0) is 20.3. The van der Waals surface area contributed by atoms with Crippen LogP contribution in [0.2, 0.25) is 0 Å². The van der Waals surface area contributed by atoms with Crippen molar-refractivity contribution < 1.29 is 19.2 Å². The summed E-state index contributed by atoms with van der Waals surface area (Å²) in [6.07, 6.45) is 0. The fourth-order valence-electron chi connectivity index (χ4n) is 2.92. The van der Waals surface area contributed by atoms with E-state index in [1.54, 1.807) is 17.4 Å². The van der Waals surface area contributed by atoms with Gasteiger partial charge in [-0.1, -0.05) is 12.1 Å². The third-order valence-corrected chi connectivity index (χ3v) is 5.26. The van der Waals surface area contributed by atoms with Gasteiger partial charge in [0.1, 0.15) is 0 Å². The topological polar surface area (TPSA) is 91.4 Å². The second kappa shape index (κ2) is 8.18. The number of Topliss-reactive ketones (excluding diaryl/α,β-unsaturated/α-hetero) is 1. The lowest BCUT2D eigenvalue weighted by atomic mass is 10.1. The number of ether oxygens (including phenoxy) is 1. The molecule has 0 aliphatic heterocycles. The molecule has 0 amide bonds. The molecule has 2 aromatic heterocycles. The molecule has 7 nitrogen and oxygen atoms in total. The van der Waals surface area contributed by atoms with Crippen LogP contribution in [0.15, 0.2) is 47.8 Å². The first-order valence-electron chi connectivity index (χ1n) is 8.50. The summed E-state index contributed by atoms with van der Waals surface area (Å²) in [6, 6.07) is 11.0. The molecule has 0 atom stereocenters. The second-order valence-corrected chi connectivity index (χ2v) is 7.29. The number of hydrogen-bond donors (Lipinski definition) is 0. The molecule has 3 rings (SSSR count).